The predicted octanol–water partition coefficient (Wildman–Crippen LogP) is 9.65. The summed E-state index contributed by atoms with van der Waals surface area (Å²) in [6.45, 7) is 3.81. The van der Waals surface area contributed by atoms with Gasteiger partial charge in [0.25, 0.3) is 0 Å². The second-order valence-electron chi connectivity index (χ2n) is 10.3. The molecule has 1 aliphatic carbocycles. The Morgan fingerprint density at radius 3 is 2.08 bits per heavy atom. The zero-order valence-corrected chi connectivity index (χ0v) is 21.2. The molecule has 0 saturated heterocycles. The number of fused-ring (bicyclic) bond motifs is 1. The molecule has 1 aliphatic rings. The molecule has 1 nitrogen and oxygen atoms in total. The van der Waals surface area contributed by atoms with Crippen molar-refractivity contribution in [1.82, 2.24) is 0 Å². The Morgan fingerprint density at radius 2 is 1.45 bits per heavy atom. The minimum atomic E-state index is -5.21. The first-order chi connectivity index (χ1) is 18.1. The molecule has 3 aromatic rings. The Morgan fingerprint density at radius 1 is 0.789 bits per heavy atom. The molecule has 0 heterocycles. The van der Waals surface area contributed by atoms with Gasteiger partial charge >= 0.3 is 6.36 Å². The molecule has 0 spiro atoms. The van der Waals surface area contributed by atoms with Crippen LogP contribution in [0.4, 0.5) is 26.3 Å². The van der Waals surface area contributed by atoms with Crippen LogP contribution in [0.3, 0.4) is 0 Å². The van der Waals surface area contributed by atoms with Gasteiger partial charge in [0.15, 0.2) is 11.6 Å². The van der Waals surface area contributed by atoms with E-state index in [1.807, 2.05) is 24.3 Å². The fraction of sp³-hybridized carbons (Fsp3) is 0.419. The molecule has 204 valence electrons. The number of halogens is 6. The van der Waals surface area contributed by atoms with Crippen molar-refractivity contribution < 1.29 is 31.1 Å². The first kappa shape index (κ1) is 28.1. The van der Waals surface area contributed by atoms with E-state index in [-0.39, 0.29) is 18.4 Å². The Hall–Kier alpha value is -2.96. The summed E-state index contributed by atoms with van der Waals surface area (Å²) < 4.78 is 83.6. The molecule has 0 aliphatic heterocycles. The van der Waals surface area contributed by atoms with Crippen LogP contribution in [0.5, 0.6) is 5.75 Å². The van der Waals surface area contributed by atoms with Gasteiger partial charge in [-0.2, -0.15) is 0 Å². The van der Waals surface area contributed by atoms with Crippen LogP contribution in [0, 0.1) is 29.3 Å². The van der Waals surface area contributed by atoms with Crippen molar-refractivity contribution in [2.45, 2.75) is 70.6 Å². The highest BCUT2D eigenvalue weighted by atomic mass is 19.4. The van der Waals surface area contributed by atoms with Crippen LogP contribution >= 0.6 is 0 Å². The summed E-state index contributed by atoms with van der Waals surface area (Å²) >= 11 is 0. The SMILES string of the molecule is C=CCCC1CCC(CCc2ccc3c(F)c(CCc4cc(F)c(OC(F)(F)F)c(F)c4)ccc3c2)CC1. The first-order valence-corrected chi connectivity index (χ1v) is 13.2. The highest BCUT2D eigenvalue weighted by Gasteiger charge is 2.34. The number of rotatable bonds is 10. The van der Waals surface area contributed by atoms with E-state index in [9.17, 15) is 22.0 Å². The third-order valence-electron chi connectivity index (χ3n) is 7.64. The molecule has 7 heteroatoms. The van der Waals surface area contributed by atoms with Crippen LogP contribution in [0.15, 0.2) is 55.1 Å². The van der Waals surface area contributed by atoms with Gasteiger partial charge in [-0.1, -0.05) is 62.1 Å². The average Bonchev–Trinajstić information content (AvgIpc) is 2.88. The lowest BCUT2D eigenvalue weighted by atomic mass is 9.78. The van der Waals surface area contributed by atoms with E-state index in [0.717, 1.165) is 48.6 Å². The summed E-state index contributed by atoms with van der Waals surface area (Å²) in [5, 5.41) is 1.27. The molecule has 4 rings (SSSR count). The maximum atomic E-state index is 15.2. The molecular weight excluding hydrogens is 502 g/mol. The van der Waals surface area contributed by atoms with Gasteiger partial charge in [0.2, 0.25) is 5.75 Å². The molecular formula is C31H32F6O. The number of alkyl halides is 3. The molecule has 0 amide bonds. The van der Waals surface area contributed by atoms with Crippen LogP contribution in [0.25, 0.3) is 10.8 Å². The zero-order chi connectivity index (χ0) is 27.3. The van der Waals surface area contributed by atoms with Crippen LogP contribution in [0.1, 0.15) is 61.6 Å². The maximum Gasteiger partial charge on any atom is 0.573 e. The van der Waals surface area contributed by atoms with Crippen molar-refractivity contribution in [1.29, 1.82) is 0 Å². The van der Waals surface area contributed by atoms with Crippen molar-refractivity contribution in [2.75, 3.05) is 0 Å². The molecule has 38 heavy (non-hydrogen) atoms. The summed E-state index contributed by atoms with van der Waals surface area (Å²) in [5.41, 5.74) is 1.65. The molecule has 0 atom stereocenters. The summed E-state index contributed by atoms with van der Waals surface area (Å²) in [4.78, 5) is 0. The van der Waals surface area contributed by atoms with Crippen molar-refractivity contribution >= 4 is 10.8 Å². The van der Waals surface area contributed by atoms with E-state index in [1.165, 1.54) is 37.7 Å². The van der Waals surface area contributed by atoms with Crippen LogP contribution in [0.2, 0.25) is 0 Å². The highest BCUT2D eigenvalue weighted by Crippen LogP contribution is 2.34. The Labute approximate surface area is 219 Å². The largest absolute Gasteiger partial charge is 0.573 e. The number of ether oxygens (including phenoxy) is 1. The number of aryl methyl sites for hydroxylation is 3. The molecule has 0 bridgehead atoms. The minimum Gasteiger partial charge on any atom is -0.399 e. The number of hydrogen-bond acceptors (Lipinski definition) is 1. The molecule has 1 fully saturated rings. The molecule has 0 radical (unpaired) electrons. The van der Waals surface area contributed by atoms with Gasteiger partial charge in [-0.25, -0.2) is 13.2 Å². The Bertz CT molecular complexity index is 1230. The molecule has 1 saturated carbocycles. The molecule has 3 aromatic carbocycles. The van der Waals surface area contributed by atoms with Crippen molar-refractivity contribution in [2.24, 2.45) is 11.8 Å². The second kappa shape index (κ2) is 12.3. The quantitative estimate of drug-likeness (QED) is 0.186. The van der Waals surface area contributed by atoms with Gasteiger partial charge in [0, 0.05) is 5.39 Å². The summed E-state index contributed by atoms with van der Waals surface area (Å²) in [6.07, 6.45) is 6.49. The van der Waals surface area contributed by atoms with Gasteiger partial charge in [-0.15, -0.1) is 19.8 Å². The maximum absolute atomic E-state index is 15.2. The van der Waals surface area contributed by atoms with E-state index in [4.69, 9.17) is 0 Å². The normalized spacial score (nSPS) is 18.1. The second-order valence-corrected chi connectivity index (χ2v) is 10.3. The minimum absolute atomic E-state index is 0.0521. The fourth-order valence-corrected chi connectivity index (χ4v) is 5.52. The summed E-state index contributed by atoms with van der Waals surface area (Å²) in [7, 11) is 0. The van der Waals surface area contributed by atoms with E-state index < -0.39 is 29.6 Å². The van der Waals surface area contributed by atoms with Crippen molar-refractivity contribution in [3.63, 3.8) is 0 Å². The number of allylic oxidation sites excluding steroid dienone is 1. The number of hydrogen-bond donors (Lipinski definition) is 0. The van der Waals surface area contributed by atoms with Gasteiger partial charge in [0.1, 0.15) is 5.82 Å². The number of benzene rings is 3. The van der Waals surface area contributed by atoms with Crippen LogP contribution < -0.4 is 4.74 Å². The third-order valence-corrected chi connectivity index (χ3v) is 7.64. The lowest BCUT2D eigenvalue weighted by Gasteiger charge is -2.28. The topological polar surface area (TPSA) is 9.23 Å². The van der Waals surface area contributed by atoms with Crippen molar-refractivity contribution in [3.05, 3.63) is 89.3 Å². The molecule has 0 unspecified atom stereocenters. The standard InChI is InChI=1S/C31H32F6O/c1-2-3-4-20-5-7-21(8-6-20)9-10-22-12-16-26-25(17-22)15-14-24(29(26)34)13-11-23-18-27(32)30(28(33)19-23)38-31(35,36)37/h2,12,14-21H,1,3-11,13H2. The van der Waals surface area contributed by atoms with E-state index in [1.54, 1.807) is 12.1 Å². The van der Waals surface area contributed by atoms with Gasteiger partial charge in [0.05, 0.1) is 0 Å². The van der Waals surface area contributed by atoms with Gasteiger partial charge in [-0.3, -0.25) is 0 Å². The van der Waals surface area contributed by atoms with Crippen LogP contribution in [-0.2, 0) is 19.3 Å². The predicted molar refractivity (Wildman–Crippen MR) is 138 cm³/mol. The lowest BCUT2D eigenvalue weighted by molar-refractivity contribution is -0.276. The van der Waals surface area contributed by atoms with E-state index in [2.05, 4.69) is 11.3 Å². The third kappa shape index (κ3) is 7.33. The Kier molecular flexibility index (Phi) is 9.06. The zero-order valence-electron chi connectivity index (χ0n) is 21.2. The Balaban J connectivity index is 1.36. The average molecular weight is 535 g/mol. The monoisotopic (exact) mass is 534 g/mol. The molecule has 0 N–H and O–H groups in total. The molecule has 0 aromatic heterocycles. The highest BCUT2D eigenvalue weighted by molar-refractivity contribution is 5.84. The van der Waals surface area contributed by atoms with Gasteiger partial charge in [-0.05, 0) is 84.6 Å². The fourth-order valence-electron chi connectivity index (χ4n) is 5.52. The van der Waals surface area contributed by atoms with E-state index in [0.29, 0.717) is 10.9 Å². The van der Waals surface area contributed by atoms with Gasteiger partial charge < -0.3 is 4.74 Å². The van der Waals surface area contributed by atoms with Crippen LogP contribution in [-0.4, -0.2) is 6.36 Å². The van der Waals surface area contributed by atoms with Crippen molar-refractivity contribution in [3.8, 4) is 5.75 Å². The first-order valence-electron chi connectivity index (χ1n) is 13.2. The smallest absolute Gasteiger partial charge is 0.399 e. The van der Waals surface area contributed by atoms with E-state index >= 15 is 4.39 Å². The summed E-state index contributed by atoms with van der Waals surface area (Å²) in [5.74, 6) is -3.25. The summed E-state index contributed by atoms with van der Waals surface area (Å²) in [6, 6.07) is 10.8. The lowest BCUT2D eigenvalue weighted by Crippen LogP contribution is -2.19.